The molecule has 0 aliphatic rings. The van der Waals surface area contributed by atoms with Gasteiger partial charge < -0.3 is 5.32 Å². The molecule has 5 heteroatoms. The van der Waals surface area contributed by atoms with Crippen LogP contribution in [0.5, 0.6) is 0 Å². The number of carbonyl (C=O) groups is 1. The smallest absolute Gasteiger partial charge is 0.271 e. The first-order valence-electron chi connectivity index (χ1n) is 4.67. The van der Waals surface area contributed by atoms with Gasteiger partial charge in [0.15, 0.2) is 0 Å². The third-order valence-electron chi connectivity index (χ3n) is 2.06. The summed E-state index contributed by atoms with van der Waals surface area (Å²) in [5.74, 6) is -0.179. The van der Waals surface area contributed by atoms with E-state index in [2.05, 4.69) is 10.3 Å². The summed E-state index contributed by atoms with van der Waals surface area (Å²) in [4.78, 5) is 15.5. The second kappa shape index (κ2) is 5.09. The number of rotatable bonds is 3. The lowest BCUT2D eigenvalue weighted by Gasteiger charge is -2.04. The van der Waals surface area contributed by atoms with Crippen molar-refractivity contribution < 1.29 is 4.79 Å². The maximum atomic E-state index is 11.6. The molecule has 0 fully saturated rings. The van der Waals surface area contributed by atoms with Crippen molar-refractivity contribution in [3.8, 4) is 0 Å². The molecule has 2 aromatic rings. The first-order chi connectivity index (χ1) is 7.77. The van der Waals surface area contributed by atoms with Crippen molar-refractivity contribution in [2.24, 2.45) is 0 Å². The fraction of sp³-hybridized carbons (Fsp3) is 0.0909. The highest BCUT2D eigenvalue weighted by molar-refractivity contribution is 7.07. The molecular formula is C11H9ClN2OS. The van der Waals surface area contributed by atoms with Gasteiger partial charge in [-0.15, -0.1) is 11.3 Å². The molecule has 2 rings (SSSR count). The van der Waals surface area contributed by atoms with E-state index in [0.29, 0.717) is 17.3 Å². The number of nitrogens with one attached hydrogen (secondary N) is 1. The lowest BCUT2D eigenvalue weighted by Crippen LogP contribution is -2.23. The van der Waals surface area contributed by atoms with Crippen LogP contribution in [-0.4, -0.2) is 10.9 Å². The van der Waals surface area contributed by atoms with E-state index in [0.717, 1.165) is 5.56 Å². The fourth-order valence-electron chi connectivity index (χ4n) is 1.23. The van der Waals surface area contributed by atoms with Gasteiger partial charge in [0.2, 0.25) is 0 Å². The van der Waals surface area contributed by atoms with Crippen molar-refractivity contribution in [1.29, 1.82) is 0 Å². The number of halogens is 1. The van der Waals surface area contributed by atoms with E-state index >= 15 is 0 Å². The van der Waals surface area contributed by atoms with Crippen LogP contribution in [0.3, 0.4) is 0 Å². The Balaban J connectivity index is 1.98. The highest BCUT2D eigenvalue weighted by atomic mass is 35.5. The van der Waals surface area contributed by atoms with Crippen molar-refractivity contribution in [3.05, 3.63) is 51.4 Å². The minimum absolute atomic E-state index is 0.179. The summed E-state index contributed by atoms with van der Waals surface area (Å²) in [6, 6.07) is 7.42. The zero-order valence-electron chi connectivity index (χ0n) is 8.31. The summed E-state index contributed by atoms with van der Waals surface area (Å²) in [5.41, 5.74) is 2.97. The first-order valence-corrected chi connectivity index (χ1v) is 5.99. The number of aromatic nitrogens is 1. The van der Waals surface area contributed by atoms with Gasteiger partial charge >= 0.3 is 0 Å². The van der Waals surface area contributed by atoms with Crippen LogP contribution in [0.4, 0.5) is 0 Å². The number of carbonyl (C=O) groups excluding carboxylic acids is 1. The van der Waals surface area contributed by atoms with Gasteiger partial charge in [0.25, 0.3) is 5.91 Å². The van der Waals surface area contributed by atoms with Crippen molar-refractivity contribution in [3.63, 3.8) is 0 Å². The average molecular weight is 253 g/mol. The zero-order chi connectivity index (χ0) is 11.4. The van der Waals surface area contributed by atoms with Crippen molar-refractivity contribution in [2.45, 2.75) is 6.54 Å². The lowest BCUT2D eigenvalue weighted by atomic mass is 10.2. The normalized spacial score (nSPS) is 10.1. The van der Waals surface area contributed by atoms with Crippen LogP contribution in [0, 0.1) is 0 Å². The van der Waals surface area contributed by atoms with E-state index in [1.807, 2.05) is 18.2 Å². The molecule has 0 spiro atoms. The van der Waals surface area contributed by atoms with E-state index in [4.69, 9.17) is 11.6 Å². The van der Waals surface area contributed by atoms with Crippen LogP contribution in [-0.2, 0) is 6.54 Å². The summed E-state index contributed by atoms with van der Waals surface area (Å²) in [7, 11) is 0. The maximum Gasteiger partial charge on any atom is 0.271 e. The van der Waals surface area contributed by atoms with Crippen LogP contribution in [0.25, 0.3) is 0 Å². The van der Waals surface area contributed by atoms with Crippen LogP contribution in [0.1, 0.15) is 16.1 Å². The molecule has 0 radical (unpaired) electrons. The highest BCUT2D eigenvalue weighted by Crippen LogP contribution is 2.14. The molecule has 0 atom stereocenters. The predicted molar refractivity (Wildman–Crippen MR) is 64.7 cm³/mol. The zero-order valence-corrected chi connectivity index (χ0v) is 9.89. The van der Waals surface area contributed by atoms with E-state index < -0.39 is 0 Å². The Labute approximate surface area is 102 Å². The standard InChI is InChI=1S/C11H9ClN2OS/c12-9-4-2-1-3-8(9)5-13-11(15)10-6-16-7-14-10/h1-4,6-7H,5H2,(H,13,15). The molecule has 1 N–H and O–H groups in total. The second-order valence-corrected chi connectivity index (χ2v) is 4.27. The van der Waals surface area contributed by atoms with Crippen molar-refractivity contribution in [1.82, 2.24) is 10.3 Å². The molecule has 0 aliphatic heterocycles. The van der Waals surface area contributed by atoms with Gasteiger partial charge in [-0.2, -0.15) is 0 Å². The summed E-state index contributed by atoms with van der Waals surface area (Å²) >= 11 is 7.36. The van der Waals surface area contributed by atoms with Crippen LogP contribution >= 0.6 is 22.9 Å². The summed E-state index contributed by atoms with van der Waals surface area (Å²) < 4.78 is 0. The molecule has 1 heterocycles. The van der Waals surface area contributed by atoms with Crippen LogP contribution < -0.4 is 5.32 Å². The monoisotopic (exact) mass is 252 g/mol. The minimum Gasteiger partial charge on any atom is -0.347 e. The molecule has 16 heavy (non-hydrogen) atoms. The van der Waals surface area contributed by atoms with E-state index in [1.165, 1.54) is 11.3 Å². The van der Waals surface area contributed by atoms with E-state index in [9.17, 15) is 4.79 Å². The van der Waals surface area contributed by atoms with E-state index in [-0.39, 0.29) is 5.91 Å². The van der Waals surface area contributed by atoms with Gasteiger partial charge in [0.1, 0.15) is 5.69 Å². The molecule has 1 aromatic heterocycles. The molecule has 0 aliphatic carbocycles. The summed E-state index contributed by atoms with van der Waals surface area (Å²) in [6.45, 7) is 0.413. The van der Waals surface area contributed by atoms with Gasteiger partial charge in [-0.25, -0.2) is 4.98 Å². The molecular weight excluding hydrogens is 244 g/mol. The number of thiazole rings is 1. The largest absolute Gasteiger partial charge is 0.347 e. The molecule has 0 bridgehead atoms. The Bertz CT molecular complexity index is 484. The molecule has 1 aromatic carbocycles. The molecule has 0 saturated carbocycles. The molecule has 0 unspecified atom stereocenters. The topological polar surface area (TPSA) is 42.0 Å². The van der Waals surface area contributed by atoms with Crippen LogP contribution in [0.2, 0.25) is 5.02 Å². The summed E-state index contributed by atoms with van der Waals surface area (Å²) in [6.07, 6.45) is 0. The van der Waals surface area contributed by atoms with Crippen molar-refractivity contribution in [2.75, 3.05) is 0 Å². The van der Waals surface area contributed by atoms with Gasteiger partial charge in [-0.05, 0) is 11.6 Å². The number of hydrogen-bond acceptors (Lipinski definition) is 3. The Hall–Kier alpha value is -1.39. The van der Waals surface area contributed by atoms with Gasteiger partial charge in [0, 0.05) is 16.9 Å². The number of benzene rings is 1. The number of amides is 1. The Morgan fingerprint density at radius 3 is 2.94 bits per heavy atom. The number of hydrogen-bond donors (Lipinski definition) is 1. The number of nitrogens with zero attached hydrogens (tertiary/aromatic N) is 1. The first kappa shape index (κ1) is 11.1. The van der Waals surface area contributed by atoms with E-state index in [1.54, 1.807) is 17.0 Å². The fourth-order valence-corrected chi connectivity index (χ4v) is 1.97. The minimum atomic E-state index is -0.179. The quantitative estimate of drug-likeness (QED) is 0.913. The van der Waals surface area contributed by atoms with Gasteiger partial charge in [-0.3, -0.25) is 4.79 Å². The predicted octanol–water partition coefficient (Wildman–Crippen LogP) is 2.73. The van der Waals surface area contributed by atoms with Crippen molar-refractivity contribution >= 4 is 28.8 Å². The highest BCUT2D eigenvalue weighted by Gasteiger charge is 2.07. The average Bonchev–Trinajstić information content (AvgIpc) is 2.81. The third-order valence-corrected chi connectivity index (χ3v) is 3.02. The molecule has 0 saturated heterocycles. The SMILES string of the molecule is O=C(NCc1ccccc1Cl)c1cscn1. The second-order valence-electron chi connectivity index (χ2n) is 3.15. The van der Waals surface area contributed by atoms with Gasteiger partial charge in [-0.1, -0.05) is 29.8 Å². The Morgan fingerprint density at radius 2 is 2.25 bits per heavy atom. The Morgan fingerprint density at radius 1 is 1.44 bits per heavy atom. The third kappa shape index (κ3) is 2.59. The Kier molecular flexibility index (Phi) is 3.54. The van der Waals surface area contributed by atoms with Crippen LogP contribution in [0.15, 0.2) is 35.2 Å². The van der Waals surface area contributed by atoms with Gasteiger partial charge in [0.05, 0.1) is 5.51 Å². The summed E-state index contributed by atoms with van der Waals surface area (Å²) in [5, 5.41) is 5.13. The molecule has 82 valence electrons. The lowest BCUT2D eigenvalue weighted by molar-refractivity contribution is 0.0946. The molecule has 3 nitrogen and oxygen atoms in total. The maximum absolute atomic E-state index is 11.6. The molecule has 1 amide bonds.